The Kier molecular flexibility index (Phi) is 9.82. The maximum absolute atomic E-state index is 3.27. The van der Waals surface area contributed by atoms with Crippen LogP contribution < -0.4 is 3.80 Å². The number of hydrogen-bond donors (Lipinski definition) is 1. The number of hydrogen-bond acceptors (Lipinski definition) is 1. The topological polar surface area (TPSA) is 12.0 Å². The van der Waals surface area contributed by atoms with Crippen molar-refractivity contribution in [1.29, 1.82) is 0 Å². The summed E-state index contributed by atoms with van der Waals surface area (Å²) in [6.07, 6.45) is 0. The van der Waals surface area contributed by atoms with Gasteiger partial charge in [-0.1, -0.05) is 0 Å². The average molecular weight is 297 g/mol. The summed E-state index contributed by atoms with van der Waals surface area (Å²) in [5.74, 6) is 1.18. The Morgan fingerprint density at radius 3 is 1.94 bits per heavy atom. The molecule has 1 aromatic carbocycles. The second-order valence-electron chi connectivity index (χ2n) is 4.24. The molecule has 4 heteroatoms. The van der Waals surface area contributed by atoms with Crippen LogP contribution in [0.2, 0.25) is 0 Å². The minimum Gasteiger partial charge on any atom is -0.147 e. The SMILES string of the molecule is CC(C)c1cccc([NH][Ti])c1C(C)C.Cl.Cl. The van der Waals surface area contributed by atoms with E-state index in [4.69, 9.17) is 0 Å². The molecule has 0 spiro atoms. The first-order chi connectivity index (χ1) is 6.57. The predicted octanol–water partition coefficient (Wildman–Crippen LogP) is 4.65. The van der Waals surface area contributed by atoms with Crippen molar-refractivity contribution in [1.82, 2.24) is 0 Å². The monoisotopic (exact) mass is 296 g/mol. The van der Waals surface area contributed by atoms with Crippen molar-refractivity contribution in [2.45, 2.75) is 39.5 Å². The van der Waals surface area contributed by atoms with Gasteiger partial charge in [0.2, 0.25) is 0 Å². The fourth-order valence-electron chi connectivity index (χ4n) is 1.84. The molecule has 16 heavy (non-hydrogen) atoms. The third-order valence-electron chi connectivity index (χ3n) is 2.47. The van der Waals surface area contributed by atoms with Gasteiger partial charge in [-0.05, 0) is 0 Å². The Bertz CT molecular complexity index is 314. The number of halogens is 2. The maximum atomic E-state index is 3.27. The van der Waals surface area contributed by atoms with Crippen LogP contribution in [0.4, 0.5) is 5.69 Å². The van der Waals surface area contributed by atoms with Gasteiger partial charge in [0.05, 0.1) is 0 Å². The van der Waals surface area contributed by atoms with Crippen molar-refractivity contribution in [2.24, 2.45) is 0 Å². The number of nitrogens with one attached hydrogen (secondary N) is 1. The van der Waals surface area contributed by atoms with Crippen LogP contribution >= 0.6 is 24.8 Å². The van der Waals surface area contributed by atoms with Gasteiger partial charge < -0.3 is 0 Å². The van der Waals surface area contributed by atoms with Crippen LogP contribution in [-0.2, 0) is 20.7 Å². The minimum atomic E-state index is 0. The van der Waals surface area contributed by atoms with E-state index >= 15 is 0 Å². The van der Waals surface area contributed by atoms with Crippen LogP contribution in [0.1, 0.15) is 50.7 Å². The van der Waals surface area contributed by atoms with Gasteiger partial charge in [0.15, 0.2) is 0 Å². The Morgan fingerprint density at radius 1 is 1.00 bits per heavy atom. The molecule has 0 aliphatic heterocycles. The van der Waals surface area contributed by atoms with E-state index in [0.29, 0.717) is 11.8 Å². The van der Waals surface area contributed by atoms with E-state index in [0.717, 1.165) is 0 Å². The number of anilines is 1. The molecule has 1 rings (SSSR count). The summed E-state index contributed by atoms with van der Waals surface area (Å²) >= 11 is 1.99. The molecule has 0 unspecified atom stereocenters. The molecular formula is C12H20Cl2NTi. The standard InChI is InChI=1S/C12H18N.2ClH.Ti/c1-8(2)10-6-5-7-11(13)12(10)9(3)4;;;/h5-9,13H,1-4H3;2*1H;/q-1;;;+1. The van der Waals surface area contributed by atoms with Crippen LogP contribution in [0.15, 0.2) is 18.2 Å². The van der Waals surface area contributed by atoms with E-state index < -0.39 is 0 Å². The van der Waals surface area contributed by atoms with E-state index in [9.17, 15) is 0 Å². The van der Waals surface area contributed by atoms with Gasteiger partial charge in [-0.3, -0.25) is 0 Å². The normalized spacial score (nSPS) is 9.56. The molecule has 0 atom stereocenters. The van der Waals surface area contributed by atoms with Crippen molar-refractivity contribution in [3.63, 3.8) is 0 Å². The summed E-state index contributed by atoms with van der Waals surface area (Å²) in [7, 11) is 0. The zero-order valence-electron chi connectivity index (χ0n) is 10.2. The summed E-state index contributed by atoms with van der Waals surface area (Å²) in [5, 5.41) is 0. The second kappa shape index (κ2) is 8.41. The Balaban J connectivity index is 0. The average Bonchev–Trinajstić information content (AvgIpc) is 2.16. The van der Waals surface area contributed by atoms with Crippen LogP contribution in [0, 0.1) is 0 Å². The summed E-state index contributed by atoms with van der Waals surface area (Å²) in [5.41, 5.74) is 4.20. The Labute approximate surface area is 123 Å². The number of benzene rings is 1. The number of rotatable bonds is 3. The first kappa shape index (κ1) is 18.7. The van der Waals surface area contributed by atoms with Crippen LogP contribution in [-0.4, -0.2) is 0 Å². The smallest absolute Gasteiger partial charge is 0.147 e. The molecule has 0 aromatic heterocycles. The molecule has 1 aromatic rings. The summed E-state index contributed by atoms with van der Waals surface area (Å²) in [6.45, 7) is 9.01. The summed E-state index contributed by atoms with van der Waals surface area (Å²) < 4.78 is 3.27. The van der Waals surface area contributed by atoms with Crippen molar-refractivity contribution < 1.29 is 20.7 Å². The zero-order chi connectivity index (χ0) is 10.7. The van der Waals surface area contributed by atoms with E-state index in [1.807, 2.05) is 20.7 Å². The zero-order valence-corrected chi connectivity index (χ0v) is 13.4. The molecule has 0 fully saturated rings. The molecule has 1 nitrogen and oxygen atoms in total. The molecule has 91 valence electrons. The van der Waals surface area contributed by atoms with Gasteiger partial charge in [-0.2, -0.15) is 0 Å². The van der Waals surface area contributed by atoms with Crippen LogP contribution in [0.25, 0.3) is 0 Å². The fraction of sp³-hybridized carbons (Fsp3) is 0.500. The predicted molar refractivity (Wildman–Crippen MR) is 72.7 cm³/mol. The van der Waals surface area contributed by atoms with E-state index in [-0.39, 0.29) is 24.8 Å². The van der Waals surface area contributed by atoms with Gasteiger partial charge >= 0.3 is 99.0 Å². The molecule has 0 amide bonds. The quantitative estimate of drug-likeness (QED) is 0.801. The van der Waals surface area contributed by atoms with Crippen LogP contribution in [0.5, 0.6) is 0 Å². The van der Waals surface area contributed by atoms with Crippen molar-refractivity contribution in [3.8, 4) is 0 Å². The summed E-state index contributed by atoms with van der Waals surface area (Å²) in [6, 6.07) is 6.52. The van der Waals surface area contributed by atoms with Crippen molar-refractivity contribution >= 4 is 30.5 Å². The molecule has 0 saturated carbocycles. The van der Waals surface area contributed by atoms with E-state index in [2.05, 4.69) is 49.7 Å². The molecule has 0 heterocycles. The van der Waals surface area contributed by atoms with Gasteiger partial charge in [0.25, 0.3) is 0 Å². The van der Waals surface area contributed by atoms with Crippen molar-refractivity contribution in [2.75, 3.05) is 3.80 Å². The van der Waals surface area contributed by atoms with Gasteiger partial charge in [0.1, 0.15) is 0 Å². The van der Waals surface area contributed by atoms with Gasteiger partial charge in [0, 0.05) is 0 Å². The van der Waals surface area contributed by atoms with Crippen molar-refractivity contribution in [3.05, 3.63) is 29.3 Å². The largest absolute Gasteiger partial charge is 0.147 e. The summed E-state index contributed by atoms with van der Waals surface area (Å²) in [4.78, 5) is 0. The minimum absolute atomic E-state index is 0. The molecule has 0 radical (unpaired) electrons. The molecule has 0 saturated heterocycles. The molecule has 0 bridgehead atoms. The van der Waals surface area contributed by atoms with Gasteiger partial charge in [-0.15, -0.1) is 24.8 Å². The molecule has 1 N–H and O–H groups in total. The Morgan fingerprint density at radius 2 is 1.56 bits per heavy atom. The first-order valence-corrected chi connectivity index (χ1v) is 5.91. The third-order valence-corrected chi connectivity index (χ3v) is 2.89. The van der Waals surface area contributed by atoms with Gasteiger partial charge in [-0.25, -0.2) is 0 Å². The van der Waals surface area contributed by atoms with Crippen LogP contribution in [0.3, 0.4) is 0 Å². The fourth-order valence-corrected chi connectivity index (χ4v) is 2.18. The third kappa shape index (κ3) is 4.29. The Hall–Kier alpha value is 0.314. The molecule has 0 aliphatic rings. The van der Waals surface area contributed by atoms with E-state index in [1.54, 1.807) is 0 Å². The molecular weight excluding hydrogens is 277 g/mol. The first-order valence-electron chi connectivity index (χ1n) is 5.13. The van der Waals surface area contributed by atoms with E-state index in [1.165, 1.54) is 16.8 Å². The second-order valence-corrected chi connectivity index (χ2v) is 4.63. The molecule has 0 aliphatic carbocycles. The maximum Gasteiger partial charge on any atom is -0.147 e.